The fraction of sp³-hybridized carbons (Fsp3) is 0.167. The van der Waals surface area contributed by atoms with Gasteiger partial charge in [-0.15, -0.1) is 0 Å². The molecule has 3 rings (SSSR count). The number of aliphatic hydroxyl groups excluding tert-OH is 1. The van der Waals surface area contributed by atoms with Crippen LogP contribution in [0.1, 0.15) is 17.4 Å². The number of hydrogen-bond acceptors (Lipinski definition) is 3. The number of fused-ring (bicyclic) bond motifs is 1. The summed E-state index contributed by atoms with van der Waals surface area (Å²) in [5.74, 6) is -0.495. The number of aliphatic hydroxyl groups is 1. The topological polar surface area (TPSA) is 45.1 Å². The standard InChI is InChI=1S/C18H14F4N2O/c19-12-5-3-4-11(8-12)16(25)10-23-15-9-17(18(20,21)22)24-14-7-2-1-6-13(14)15/h1-9,16,25H,10H2,(H,23,24). The summed E-state index contributed by atoms with van der Waals surface area (Å²) >= 11 is 0. The minimum Gasteiger partial charge on any atom is -0.387 e. The Kier molecular flexibility index (Phi) is 4.59. The first-order valence-electron chi connectivity index (χ1n) is 7.49. The third-order valence-corrected chi connectivity index (χ3v) is 3.73. The number of hydrogen-bond donors (Lipinski definition) is 2. The first kappa shape index (κ1) is 17.2. The molecule has 0 saturated heterocycles. The third kappa shape index (κ3) is 3.88. The van der Waals surface area contributed by atoms with Gasteiger partial charge in [-0.25, -0.2) is 9.37 Å². The number of anilines is 1. The molecule has 1 atom stereocenters. The van der Waals surface area contributed by atoms with Crippen LogP contribution in [0.3, 0.4) is 0 Å². The maximum Gasteiger partial charge on any atom is 0.433 e. The van der Waals surface area contributed by atoms with E-state index in [0.29, 0.717) is 10.9 Å². The summed E-state index contributed by atoms with van der Waals surface area (Å²) in [4.78, 5) is 3.63. The van der Waals surface area contributed by atoms with Gasteiger partial charge in [-0.3, -0.25) is 0 Å². The molecular weight excluding hydrogens is 336 g/mol. The molecule has 0 radical (unpaired) electrons. The monoisotopic (exact) mass is 350 g/mol. The molecule has 1 aromatic heterocycles. The van der Waals surface area contributed by atoms with Crippen molar-refractivity contribution in [2.75, 3.05) is 11.9 Å². The third-order valence-electron chi connectivity index (χ3n) is 3.73. The number of alkyl halides is 3. The summed E-state index contributed by atoms with van der Waals surface area (Å²) in [7, 11) is 0. The van der Waals surface area contributed by atoms with Gasteiger partial charge in [0, 0.05) is 17.6 Å². The molecule has 3 aromatic rings. The molecule has 130 valence electrons. The molecule has 3 nitrogen and oxygen atoms in total. The Morgan fingerprint density at radius 1 is 1.04 bits per heavy atom. The Hall–Kier alpha value is -2.67. The summed E-state index contributed by atoms with van der Waals surface area (Å²) in [6, 6.07) is 12.7. The highest BCUT2D eigenvalue weighted by molar-refractivity contribution is 5.91. The smallest absolute Gasteiger partial charge is 0.387 e. The van der Waals surface area contributed by atoms with E-state index >= 15 is 0 Å². The lowest BCUT2D eigenvalue weighted by atomic mass is 10.1. The number of nitrogens with one attached hydrogen (secondary N) is 1. The van der Waals surface area contributed by atoms with Gasteiger partial charge in [0.25, 0.3) is 0 Å². The summed E-state index contributed by atoms with van der Waals surface area (Å²) in [6.07, 6.45) is -5.65. The number of aromatic nitrogens is 1. The number of halogens is 4. The van der Waals surface area contributed by atoms with E-state index in [1.165, 1.54) is 24.3 Å². The van der Waals surface area contributed by atoms with Gasteiger partial charge in [-0.05, 0) is 29.8 Å². The van der Waals surface area contributed by atoms with E-state index in [4.69, 9.17) is 0 Å². The van der Waals surface area contributed by atoms with Crippen LogP contribution in [-0.2, 0) is 6.18 Å². The first-order chi connectivity index (χ1) is 11.8. The molecule has 0 aliphatic carbocycles. The van der Waals surface area contributed by atoms with Crippen LogP contribution in [0.5, 0.6) is 0 Å². The average molecular weight is 350 g/mol. The zero-order valence-corrected chi connectivity index (χ0v) is 12.9. The van der Waals surface area contributed by atoms with Gasteiger partial charge in [0.2, 0.25) is 0 Å². The maximum atomic E-state index is 13.2. The second-order valence-electron chi connectivity index (χ2n) is 5.52. The molecule has 1 unspecified atom stereocenters. The summed E-state index contributed by atoms with van der Waals surface area (Å²) in [5, 5.41) is 13.4. The van der Waals surface area contributed by atoms with E-state index < -0.39 is 23.8 Å². The van der Waals surface area contributed by atoms with E-state index in [1.54, 1.807) is 24.3 Å². The number of nitrogens with zero attached hydrogens (tertiary/aromatic N) is 1. The highest BCUT2D eigenvalue weighted by Gasteiger charge is 2.33. The lowest BCUT2D eigenvalue weighted by molar-refractivity contribution is -0.140. The van der Waals surface area contributed by atoms with Gasteiger partial charge in [-0.1, -0.05) is 30.3 Å². The highest BCUT2D eigenvalue weighted by atomic mass is 19.4. The number of para-hydroxylation sites is 1. The summed E-state index contributed by atoms with van der Waals surface area (Å²) in [6.45, 7) is -0.0746. The molecule has 2 N–H and O–H groups in total. The fourth-order valence-corrected chi connectivity index (χ4v) is 2.51. The molecule has 0 saturated carbocycles. The molecule has 0 spiro atoms. The highest BCUT2D eigenvalue weighted by Crippen LogP contribution is 2.33. The maximum absolute atomic E-state index is 13.2. The number of benzene rings is 2. The van der Waals surface area contributed by atoms with E-state index in [1.807, 2.05) is 0 Å². The zero-order valence-electron chi connectivity index (χ0n) is 12.9. The fourth-order valence-electron chi connectivity index (χ4n) is 2.51. The molecule has 0 fully saturated rings. The van der Waals surface area contributed by atoms with Crippen LogP contribution in [-0.4, -0.2) is 16.6 Å². The lowest BCUT2D eigenvalue weighted by Crippen LogP contribution is -2.14. The van der Waals surface area contributed by atoms with Crippen LogP contribution in [0.15, 0.2) is 54.6 Å². The molecule has 7 heteroatoms. The number of rotatable bonds is 4. The van der Waals surface area contributed by atoms with Crippen LogP contribution in [0.25, 0.3) is 10.9 Å². The van der Waals surface area contributed by atoms with Crippen LogP contribution in [0.4, 0.5) is 23.2 Å². The number of pyridine rings is 1. The van der Waals surface area contributed by atoms with E-state index in [2.05, 4.69) is 10.3 Å². The summed E-state index contributed by atoms with van der Waals surface area (Å²) < 4.78 is 52.3. The molecule has 0 aliphatic rings. The Labute approximate surface area is 140 Å². The molecule has 0 amide bonds. The van der Waals surface area contributed by atoms with Crippen molar-refractivity contribution in [3.8, 4) is 0 Å². The minimum atomic E-state index is -4.58. The van der Waals surface area contributed by atoms with E-state index in [-0.39, 0.29) is 17.7 Å². The largest absolute Gasteiger partial charge is 0.433 e. The van der Waals surface area contributed by atoms with Gasteiger partial charge < -0.3 is 10.4 Å². The van der Waals surface area contributed by atoms with Crippen LogP contribution in [0, 0.1) is 5.82 Å². The van der Waals surface area contributed by atoms with Gasteiger partial charge in [0.05, 0.1) is 11.6 Å². The Bertz CT molecular complexity index is 896. The van der Waals surface area contributed by atoms with Crippen LogP contribution < -0.4 is 5.32 Å². The normalized spacial score (nSPS) is 13.0. The van der Waals surface area contributed by atoms with Crippen molar-refractivity contribution in [1.82, 2.24) is 4.98 Å². The van der Waals surface area contributed by atoms with Gasteiger partial charge in [-0.2, -0.15) is 13.2 Å². The van der Waals surface area contributed by atoms with Crippen molar-refractivity contribution < 1.29 is 22.7 Å². The quantitative estimate of drug-likeness (QED) is 0.679. The van der Waals surface area contributed by atoms with Crippen molar-refractivity contribution in [2.45, 2.75) is 12.3 Å². The Morgan fingerprint density at radius 2 is 1.80 bits per heavy atom. The molecule has 0 bridgehead atoms. The molecule has 1 heterocycles. The van der Waals surface area contributed by atoms with Crippen LogP contribution in [0.2, 0.25) is 0 Å². The van der Waals surface area contributed by atoms with Crippen molar-refractivity contribution in [3.63, 3.8) is 0 Å². The molecule has 2 aromatic carbocycles. The predicted octanol–water partition coefficient (Wildman–Crippen LogP) is 4.54. The SMILES string of the molecule is OC(CNc1cc(C(F)(F)F)nc2ccccc12)c1cccc(F)c1. The lowest BCUT2D eigenvalue weighted by Gasteiger charge is -2.16. The zero-order chi connectivity index (χ0) is 18.0. The Balaban J connectivity index is 1.90. The van der Waals surface area contributed by atoms with Crippen molar-refractivity contribution in [1.29, 1.82) is 0 Å². The molecule has 0 aliphatic heterocycles. The first-order valence-corrected chi connectivity index (χ1v) is 7.49. The van der Waals surface area contributed by atoms with E-state index in [0.717, 1.165) is 6.07 Å². The van der Waals surface area contributed by atoms with Gasteiger partial charge in [0.1, 0.15) is 11.5 Å². The van der Waals surface area contributed by atoms with Crippen molar-refractivity contribution in [3.05, 3.63) is 71.7 Å². The van der Waals surface area contributed by atoms with Crippen molar-refractivity contribution in [2.24, 2.45) is 0 Å². The Morgan fingerprint density at radius 3 is 2.52 bits per heavy atom. The summed E-state index contributed by atoms with van der Waals surface area (Å²) in [5.41, 5.74) is -0.288. The molecular formula is C18H14F4N2O. The minimum absolute atomic E-state index is 0.0746. The second-order valence-corrected chi connectivity index (χ2v) is 5.52. The van der Waals surface area contributed by atoms with Crippen LogP contribution >= 0.6 is 0 Å². The average Bonchev–Trinajstić information content (AvgIpc) is 2.58. The molecule has 25 heavy (non-hydrogen) atoms. The van der Waals surface area contributed by atoms with E-state index in [9.17, 15) is 22.7 Å². The van der Waals surface area contributed by atoms with Gasteiger partial charge >= 0.3 is 6.18 Å². The van der Waals surface area contributed by atoms with Crippen molar-refractivity contribution >= 4 is 16.6 Å². The van der Waals surface area contributed by atoms with Gasteiger partial charge in [0.15, 0.2) is 0 Å². The second kappa shape index (κ2) is 6.68. The predicted molar refractivity (Wildman–Crippen MR) is 86.6 cm³/mol.